The molecule has 21 heavy (non-hydrogen) atoms. The van der Waals surface area contributed by atoms with E-state index in [0.717, 1.165) is 24.9 Å². The average molecular weight is 313 g/mol. The zero-order chi connectivity index (χ0) is 15.2. The summed E-state index contributed by atoms with van der Waals surface area (Å²) in [5.74, 6) is 1.65. The van der Waals surface area contributed by atoms with Crippen molar-refractivity contribution in [2.24, 2.45) is 11.8 Å². The van der Waals surface area contributed by atoms with E-state index in [0.29, 0.717) is 12.1 Å². The van der Waals surface area contributed by atoms with Crippen molar-refractivity contribution < 1.29 is 0 Å². The predicted octanol–water partition coefficient (Wildman–Crippen LogP) is 4.40. The molecule has 1 aliphatic carbocycles. The average Bonchev–Trinajstić information content (AvgIpc) is 2.49. The normalized spacial score (nSPS) is 30.0. The van der Waals surface area contributed by atoms with Crippen LogP contribution in [0.25, 0.3) is 0 Å². The molecule has 1 saturated heterocycles. The molecule has 2 rings (SSSR count). The Labute approximate surface area is 136 Å². The molecule has 2 nitrogen and oxygen atoms in total. The third-order valence-corrected chi connectivity index (χ3v) is 5.54. The monoisotopic (exact) mass is 312 g/mol. The maximum Gasteiger partial charge on any atom is 0.0227 e. The van der Waals surface area contributed by atoms with E-state index in [1.165, 1.54) is 50.6 Å². The molecule has 0 amide bonds. The number of nitrogens with zero attached hydrogens (tertiary/aromatic N) is 1. The Morgan fingerprint density at radius 3 is 2.62 bits per heavy atom. The molecule has 2 aliphatic rings. The maximum absolute atomic E-state index is 5.91. The largest absolute Gasteiger partial charge is 0.311 e. The van der Waals surface area contributed by atoms with Crippen molar-refractivity contribution in [2.45, 2.75) is 71.4 Å². The van der Waals surface area contributed by atoms with Crippen LogP contribution in [0, 0.1) is 11.8 Å². The SMILES string of the molecule is CC(=CCl)CN1CC(C2CCCCC2)NCC1CC(C)C. The molecule has 122 valence electrons. The highest BCUT2D eigenvalue weighted by molar-refractivity contribution is 6.25. The maximum atomic E-state index is 5.91. The first-order valence-corrected chi connectivity index (χ1v) is 9.27. The van der Waals surface area contributed by atoms with Crippen LogP contribution in [0.5, 0.6) is 0 Å². The molecule has 0 radical (unpaired) electrons. The van der Waals surface area contributed by atoms with Gasteiger partial charge in [-0.15, -0.1) is 0 Å². The molecule has 0 aromatic rings. The van der Waals surface area contributed by atoms with E-state index in [1.807, 2.05) is 0 Å². The Hall–Kier alpha value is -0.0500. The van der Waals surface area contributed by atoms with Gasteiger partial charge in [-0.25, -0.2) is 0 Å². The molecule has 1 N–H and O–H groups in total. The predicted molar refractivity (Wildman–Crippen MR) is 92.8 cm³/mol. The van der Waals surface area contributed by atoms with Gasteiger partial charge in [0.2, 0.25) is 0 Å². The van der Waals surface area contributed by atoms with E-state index in [1.54, 1.807) is 5.54 Å². The number of piperazine rings is 1. The van der Waals surface area contributed by atoms with Crippen LogP contribution in [-0.2, 0) is 0 Å². The zero-order valence-corrected chi connectivity index (χ0v) is 14.8. The summed E-state index contributed by atoms with van der Waals surface area (Å²) in [6.45, 7) is 10.2. The van der Waals surface area contributed by atoms with E-state index >= 15 is 0 Å². The van der Waals surface area contributed by atoms with Crippen LogP contribution in [0.4, 0.5) is 0 Å². The fraction of sp³-hybridized carbons (Fsp3) is 0.889. The molecular formula is C18H33ClN2. The van der Waals surface area contributed by atoms with Crippen LogP contribution in [0.1, 0.15) is 59.3 Å². The molecule has 2 atom stereocenters. The van der Waals surface area contributed by atoms with Gasteiger partial charge in [0.1, 0.15) is 0 Å². The number of rotatable bonds is 5. The van der Waals surface area contributed by atoms with Gasteiger partial charge < -0.3 is 5.32 Å². The molecule has 0 bridgehead atoms. The van der Waals surface area contributed by atoms with Crippen LogP contribution in [0.2, 0.25) is 0 Å². The van der Waals surface area contributed by atoms with E-state index in [2.05, 4.69) is 31.0 Å². The van der Waals surface area contributed by atoms with Crippen LogP contribution < -0.4 is 5.32 Å². The molecular weight excluding hydrogens is 280 g/mol. The van der Waals surface area contributed by atoms with E-state index in [4.69, 9.17) is 11.6 Å². The van der Waals surface area contributed by atoms with Gasteiger partial charge in [0.25, 0.3) is 0 Å². The van der Waals surface area contributed by atoms with E-state index in [-0.39, 0.29) is 0 Å². The lowest BCUT2D eigenvalue weighted by atomic mass is 9.82. The van der Waals surface area contributed by atoms with Gasteiger partial charge in [-0.2, -0.15) is 0 Å². The van der Waals surface area contributed by atoms with E-state index < -0.39 is 0 Å². The summed E-state index contributed by atoms with van der Waals surface area (Å²) >= 11 is 5.91. The molecule has 1 heterocycles. The van der Waals surface area contributed by atoms with Crippen molar-refractivity contribution in [1.29, 1.82) is 0 Å². The lowest BCUT2D eigenvalue weighted by Crippen LogP contribution is -2.59. The fourth-order valence-corrected chi connectivity index (χ4v) is 4.13. The molecule has 2 fully saturated rings. The molecule has 2 unspecified atom stereocenters. The fourth-order valence-electron chi connectivity index (χ4n) is 4.06. The van der Waals surface area contributed by atoms with Crippen molar-refractivity contribution >= 4 is 11.6 Å². The quantitative estimate of drug-likeness (QED) is 0.809. The topological polar surface area (TPSA) is 15.3 Å². The Morgan fingerprint density at radius 2 is 2.00 bits per heavy atom. The summed E-state index contributed by atoms with van der Waals surface area (Å²) in [6, 6.07) is 1.35. The molecule has 1 aliphatic heterocycles. The Morgan fingerprint density at radius 1 is 1.29 bits per heavy atom. The third-order valence-electron chi connectivity index (χ3n) is 5.16. The molecule has 1 saturated carbocycles. The van der Waals surface area contributed by atoms with Gasteiger partial charge in [0.05, 0.1) is 0 Å². The zero-order valence-electron chi connectivity index (χ0n) is 14.1. The van der Waals surface area contributed by atoms with Gasteiger partial charge in [0.15, 0.2) is 0 Å². The number of nitrogens with one attached hydrogen (secondary N) is 1. The van der Waals surface area contributed by atoms with Gasteiger partial charge in [-0.05, 0) is 43.6 Å². The summed E-state index contributed by atoms with van der Waals surface area (Å²) < 4.78 is 0. The molecule has 0 aromatic heterocycles. The van der Waals surface area contributed by atoms with Crippen molar-refractivity contribution in [2.75, 3.05) is 19.6 Å². The second-order valence-electron chi connectivity index (χ2n) is 7.58. The minimum absolute atomic E-state index is 0.663. The molecule has 0 spiro atoms. The van der Waals surface area contributed by atoms with Crippen LogP contribution >= 0.6 is 11.6 Å². The number of hydrogen-bond acceptors (Lipinski definition) is 2. The van der Waals surface area contributed by atoms with Gasteiger partial charge in [-0.3, -0.25) is 4.90 Å². The number of halogens is 1. The lowest BCUT2D eigenvalue weighted by molar-refractivity contribution is 0.0928. The van der Waals surface area contributed by atoms with Crippen LogP contribution in [0.3, 0.4) is 0 Å². The summed E-state index contributed by atoms with van der Waals surface area (Å²) in [5.41, 5.74) is 3.04. The first-order valence-electron chi connectivity index (χ1n) is 8.83. The first-order chi connectivity index (χ1) is 10.1. The summed E-state index contributed by atoms with van der Waals surface area (Å²) in [7, 11) is 0. The van der Waals surface area contributed by atoms with Gasteiger partial charge in [-0.1, -0.05) is 44.7 Å². The lowest BCUT2D eigenvalue weighted by Gasteiger charge is -2.44. The summed E-state index contributed by atoms with van der Waals surface area (Å²) in [6.07, 6.45) is 8.42. The van der Waals surface area contributed by atoms with Gasteiger partial charge in [0, 0.05) is 37.3 Å². The van der Waals surface area contributed by atoms with Crippen molar-refractivity contribution in [3.8, 4) is 0 Å². The van der Waals surface area contributed by atoms with E-state index in [9.17, 15) is 0 Å². The highest BCUT2D eigenvalue weighted by Crippen LogP contribution is 2.29. The minimum atomic E-state index is 0.663. The first kappa shape index (κ1) is 17.3. The minimum Gasteiger partial charge on any atom is -0.311 e. The van der Waals surface area contributed by atoms with Crippen LogP contribution in [-0.4, -0.2) is 36.6 Å². The second kappa shape index (κ2) is 8.55. The highest BCUT2D eigenvalue weighted by Gasteiger charge is 2.32. The van der Waals surface area contributed by atoms with Crippen LogP contribution in [0.15, 0.2) is 11.1 Å². The highest BCUT2D eigenvalue weighted by atomic mass is 35.5. The third kappa shape index (κ3) is 5.26. The smallest absolute Gasteiger partial charge is 0.0227 e. The van der Waals surface area contributed by atoms with Crippen molar-refractivity contribution in [1.82, 2.24) is 10.2 Å². The Balaban J connectivity index is 1.97. The van der Waals surface area contributed by atoms with Crippen molar-refractivity contribution in [3.63, 3.8) is 0 Å². The summed E-state index contributed by atoms with van der Waals surface area (Å²) in [5, 5.41) is 3.87. The second-order valence-corrected chi connectivity index (χ2v) is 7.80. The Bertz CT molecular complexity index is 334. The molecule has 3 heteroatoms. The van der Waals surface area contributed by atoms with Gasteiger partial charge >= 0.3 is 0 Å². The standard InChI is InChI=1S/C18H33ClN2/c1-14(2)9-17-11-20-18(16-7-5-4-6-8-16)13-21(17)12-15(3)10-19/h10,14,16-18,20H,4-9,11-13H2,1-3H3. The van der Waals surface area contributed by atoms with Crippen molar-refractivity contribution in [3.05, 3.63) is 11.1 Å². The Kier molecular flexibility index (Phi) is 7.04. The molecule has 0 aromatic carbocycles. The summed E-state index contributed by atoms with van der Waals surface area (Å²) in [4.78, 5) is 2.68. The number of hydrogen-bond donors (Lipinski definition) is 1.